The second kappa shape index (κ2) is 7.26. The van der Waals surface area contributed by atoms with E-state index >= 15 is 0 Å². The van der Waals surface area contributed by atoms with Gasteiger partial charge in [-0.05, 0) is 38.4 Å². The van der Waals surface area contributed by atoms with Crippen LogP contribution >= 0.6 is 0 Å². The fourth-order valence-electron chi connectivity index (χ4n) is 2.46. The zero-order valence-electron chi connectivity index (χ0n) is 12.6. The van der Waals surface area contributed by atoms with Crippen LogP contribution in [0.25, 0.3) is 0 Å². The van der Waals surface area contributed by atoms with Crippen LogP contribution < -0.4 is 10.6 Å². The van der Waals surface area contributed by atoms with Crippen molar-refractivity contribution in [1.82, 2.24) is 15.5 Å². The standard InChI is InChI=1S/C15H23N3O3/c1-3-18-8-6-12(7-9-18)17-14(19)11(2)16-15(20)13-5-4-10-21-13/h4-5,10-12H,3,6-9H2,1-2H3,(H,16,20)(H,17,19)/t11-/m0/s1. The molecular formula is C15H23N3O3. The Kier molecular flexibility index (Phi) is 5.38. The summed E-state index contributed by atoms with van der Waals surface area (Å²) in [5.74, 6) is -0.306. The monoisotopic (exact) mass is 293 g/mol. The molecule has 0 aromatic carbocycles. The summed E-state index contributed by atoms with van der Waals surface area (Å²) in [6.07, 6.45) is 3.35. The quantitative estimate of drug-likeness (QED) is 0.849. The number of likely N-dealkylation sites (tertiary alicyclic amines) is 1. The average molecular weight is 293 g/mol. The molecular weight excluding hydrogens is 270 g/mol. The van der Waals surface area contributed by atoms with Crippen molar-refractivity contribution in [2.45, 2.75) is 38.8 Å². The molecule has 2 amide bonds. The largest absolute Gasteiger partial charge is 0.459 e. The van der Waals surface area contributed by atoms with Crippen LogP contribution in [0.2, 0.25) is 0 Å². The molecule has 2 N–H and O–H groups in total. The molecule has 0 aliphatic carbocycles. The molecule has 21 heavy (non-hydrogen) atoms. The van der Waals surface area contributed by atoms with Crippen molar-refractivity contribution in [3.8, 4) is 0 Å². The highest BCUT2D eigenvalue weighted by atomic mass is 16.3. The fraction of sp³-hybridized carbons (Fsp3) is 0.600. The molecule has 1 atom stereocenters. The van der Waals surface area contributed by atoms with E-state index in [2.05, 4.69) is 22.5 Å². The van der Waals surface area contributed by atoms with Gasteiger partial charge in [0.1, 0.15) is 6.04 Å². The number of carbonyl (C=O) groups is 2. The van der Waals surface area contributed by atoms with Crippen molar-refractivity contribution in [3.63, 3.8) is 0 Å². The number of hydrogen-bond acceptors (Lipinski definition) is 4. The van der Waals surface area contributed by atoms with Crippen LogP contribution in [0.3, 0.4) is 0 Å². The van der Waals surface area contributed by atoms with Gasteiger partial charge in [0.2, 0.25) is 5.91 Å². The minimum absolute atomic E-state index is 0.148. The molecule has 6 heteroatoms. The van der Waals surface area contributed by atoms with E-state index in [0.29, 0.717) is 0 Å². The van der Waals surface area contributed by atoms with Gasteiger partial charge in [-0.2, -0.15) is 0 Å². The van der Waals surface area contributed by atoms with E-state index in [4.69, 9.17) is 4.42 Å². The van der Waals surface area contributed by atoms with Crippen molar-refractivity contribution in [2.24, 2.45) is 0 Å². The first-order valence-electron chi connectivity index (χ1n) is 7.47. The summed E-state index contributed by atoms with van der Waals surface area (Å²) in [5, 5.41) is 5.64. The van der Waals surface area contributed by atoms with E-state index in [1.165, 1.54) is 6.26 Å². The van der Waals surface area contributed by atoms with Crippen LogP contribution in [-0.2, 0) is 4.79 Å². The Balaban J connectivity index is 1.76. The van der Waals surface area contributed by atoms with E-state index in [9.17, 15) is 9.59 Å². The van der Waals surface area contributed by atoms with Crippen molar-refractivity contribution < 1.29 is 14.0 Å². The SMILES string of the molecule is CCN1CCC(NC(=O)[C@H](C)NC(=O)c2ccco2)CC1. The molecule has 1 saturated heterocycles. The molecule has 0 bridgehead atoms. The first-order valence-corrected chi connectivity index (χ1v) is 7.47. The van der Waals surface area contributed by atoms with E-state index in [-0.39, 0.29) is 23.6 Å². The highest BCUT2D eigenvalue weighted by Crippen LogP contribution is 2.10. The van der Waals surface area contributed by atoms with Crippen LogP contribution in [0.1, 0.15) is 37.2 Å². The van der Waals surface area contributed by atoms with E-state index in [1.54, 1.807) is 19.1 Å². The lowest BCUT2D eigenvalue weighted by Gasteiger charge is -2.32. The van der Waals surface area contributed by atoms with Crippen LogP contribution in [0.4, 0.5) is 0 Å². The third kappa shape index (κ3) is 4.32. The van der Waals surface area contributed by atoms with Crippen molar-refractivity contribution in [2.75, 3.05) is 19.6 Å². The minimum atomic E-state index is -0.577. The number of carbonyl (C=O) groups excluding carboxylic acids is 2. The zero-order valence-corrected chi connectivity index (χ0v) is 12.6. The van der Waals surface area contributed by atoms with Gasteiger partial charge < -0.3 is 20.0 Å². The number of furan rings is 1. The van der Waals surface area contributed by atoms with Crippen molar-refractivity contribution in [3.05, 3.63) is 24.2 Å². The average Bonchev–Trinajstić information content (AvgIpc) is 3.02. The lowest BCUT2D eigenvalue weighted by molar-refractivity contribution is -0.123. The number of amides is 2. The highest BCUT2D eigenvalue weighted by Gasteiger charge is 2.23. The minimum Gasteiger partial charge on any atom is -0.459 e. The highest BCUT2D eigenvalue weighted by molar-refractivity contribution is 5.95. The summed E-state index contributed by atoms with van der Waals surface area (Å²) < 4.78 is 5.00. The molecule has 1 aromatic rings. The van der Waals surface area contributed by atoms with Crippen molar-refractivity contribution >= 4 is 11.8 Å². The van der Waals surface area contributed by atoms with Crippen LogP contribution in [0.15, 0.2) is 22.8 Å². The number of hydrogen-bond donors (Lipinski definition) is 2. The maximum atomic E-state index is 12.1. The van der Waals surface area contributed by atoms with E-state index < -0.39 is 6.04 Å². The molecule has 2 rings (SSSR count). The summed E-state index contributed by atoms with van der Waals surface area (Å²) in [4.78, 5) is 26.3. The van der Waals surface area contributed by atoms with Gasteiger partial charge >= 0.3 is 0 Å². The van der Waals surface area contributed by atoms with Gasteiger partial charge in [0.25, 0.3) is 5.91 Å². The Labute approximate surface area is 124 Å². The topological polar surface area (TPSA) is 74.6 Å². The number of nitrogens with one attached hydrogen (secondary N) is 2. The predicted octanol–water partition coefficient (Wildman–Crippen LogP) is 0.998. The Morgan fingerprint density at radius 3 is 2.71 bits per heavy atom. The molecule has 1 fully saturated rings. The third-order valence-corrected chi connectivity index (χ3v) is 3.87. The summed E-state index contributed by atoms with van der Waals surface area (Å²) in [6.45, 7) is 6.89. The molecule has 0 saturated carbocycles. The summed E-state index contributed by atoms with van der Waals surface area (Å²) in [7, 11) is 0. The Bertz CT molecular complexity index is 465. The Hall–Kier alpha value is -1.82. The first-order chi connectivity index (χ1) is 10.1. The lowest BCUT2D eigenvalue weighted by Crippen LogP contribution is -2.51. The molecule has 0 radical (unpaired) electrons. The van der Waals surface area contributed by atoms with Gasteiger partial charge in [0.05, 0.1) is 6.26 Å². The van der Waals surface area contributed by atoms with E-state index in [0.717, 1.165) is 32.5 Å². The number of rotatable bonds is 5. The molecule has 1 aliphatic rings. The molecule has 2 heterocycles. The summed E-state index contributed by atoms with van der Waals surface area (Å²) in [6, 6.07) is 2.83. The fourth-order valence-corrected chi connectivity index (χ4v) is 2.46. The van der Waals surface area contributed by atoms with Crippen molar-refractivity contribution in [1.29, 1.82) is 0 Å². The third-order valence-electron chi connectivity index (χ3n) is 3.87. The summed E-state index contributed by atoms with van der Waals surface area (Å²) in [5.41, 5.74) is 0. The van der Waals surface area contributed by atoms with Crippen LogP contribution in [0.5, 0.6) is 0 Å². The second-order valence-electron chi connectivity index (χ2n) is 5.39. The van der Waals surface area contributed by atoms with Gasteiger partial charge in [0, 0.05) is 19.1 Å². The maximum Gasteiger partial charge on any atom is 0.287 e. The summed E-state index contributed by atoms with van der Waals surface area (Å²) >= 11 is 0. The van der Waals surface area contributed by atoms with Crippen LogP contribution in [-0.4, -0.2) is 48.4 Å². The smallest absolute Gasteiger partial charge is 0.287 e. The molecule has 0 spiro atoms. The second-order valence-corrected chi connectivity index (χ2v) is 5.39. The van der Waals surface area contributed by atoms with E-state index in [1.807, 2.05) is 0 Å². The maximum absolute atomic E-state index is 12.1. The lowest BCUT2D eigenvalue weighted by atomic mass is 10.0. The molecule has 1 aliphatic heterocycles. The zero-order chi connectivity index (χ0) is 15.2. The first kappa shape index (κ1) is 15.6. The Morgan fingerprint density at radius 1 is 1.43 bits per heavy atom. The van der Waals surface area contributed by atoms with Gasteiger partial charge in [-0.15, -0.1) is 0 Å². The number of piperidine rings is 1. The molecule has 116 valence electrons. The normalized spacial score (nSPS) is 18.2. The van der Waals surface area contributed by atoms with Gasteiger partial charge in [0.15, 0.2) is 5.76 Å². The predicted molar refractivity (Wildman–Crippen MR) is 78.9 cm³/mol. The molecule has 0 unspecified atom stereocenters. The van der Waals surface area contributed by atoms with Gasteiger partial charge in [-0.1, -0.05) is 6.92 Å². The van der Waals surface area contributed by atoms with Crippen LogP contribution in [0, 0.1) is 0 Å². The molecule has 6 nitrogen and oxygen atoms in total. The van der Waals surface area contributed by atoms with Gasteiger partial charge in [-0.25, -0.2) is 0 Å². The van der Waals surface area contributed by atoms with Gasteiger partial charge in [-0.3, -0.25) is 9.59 Å². The Morgan fingerprint density at radius 2 is 2.14 bits per heavy atom. The molecule has 1 aromatic heterocycles. The number of nitrogens with zero attached hydrogens (tertiary/aromatic N) is 1.